The van der Waals surface area contributed by atoms with Crippen LogP contribution < -0.4 is 0 Å². The van der Waals surface area contributed by atoms with Crippen LogP contribution in [0.1, 0.15) is 16.2 Å². The molecule has 4 rings (SSSR count). The molecule has 0 bridgehead atoms. The molecule has 1 saturated heterocycles. The number of hydrogen-bond acceptors (Lipinski definition) is 5. The molecule has 0 aliphatic carbocycles. The smallest absolute Gasteiger partial charge is 0.255 e. The van der Waals surface area contributed by atoms with E-state index in [0.29, 0.717) is 43.0 Å². The van der Waals surface area contributed by atoms with Gasteiger partial charge in [0.05, 0.1) is 21.6 Å². The first-order chi connectivity index (χ1) is 15.6. The van der Waals surface area contributed by atoms with Crippen molar-refractivity contribution in [2.24, 2.45) is 0 Å². The Bertz CT molecular complexity index is 1330. The number of benzene rings is 2. The van der Waals surface area contributed by atoms with Crippen LogP contribution in [0.3, 0.4) is 0 Å². The van der Waals surface area contributed by atoms with Gasteiger partial charge in [0, 0.05) is 32.4 Å². The van der Waals surface area contributed by atoms with Gasteiger partial charge in [-0.25, -0.2) is 17.8 Å². The fourth-order valence-corrected chi connectivity index (χ4v) is 4.81. The summed E-state index contributed by atoms with van der Waals surface area (Å²) >= 11 is 6.01. The van der Waals surface area contributed by atoms with Crippen molar-refractivity contribution >= 4 is 44.3 Å². The van der Waals surface area contributed by atoms with E-state index in [-0.39, 0.29) is 34.7 Å². The van der Waals surface area contributed by atoms with Gasteiger partial charge in [0.25, 0.3) is 5.91 Å². The van der Waals surface area contributed by atoms with Crippen molar-refractivity contribution in [2.45, 2.75) is 12.3 Å². The highest BCUT2D eigenvalue weighted by molar-refractivity contribution is 7.89. The summed E-state index contributed by atoms with van der Waals surface area (Å²) in [5.74, 6) is -0.987. The molecule has 1 aromatic heterocycles. The second-order valence-electron chi connectivity index (χ2n) is 7.97. The lowest BCUT2D eigenvalue weighted by Crippen LogP contribution is -2.51. The topological polar surface area (TPSA) is 92.6 Å². The molecule has 0 saturated carbocycles. The van der Waals surface area contributed by atoms with Gasteiger partial charge in [0.2, 0.25) is 5.91 Å². The SMILES string of the molecule is CS(=O)(=O)Cc1nc2ccccc2n1CC(=O)N1CCN(C(=O)c2ccc(F)cc2Cl)CC1. The number of rotatable bonds is 5. The number of carbonyl (C=O) groups excluding carboxylic acids is 2. The van der Waals surface area contributed by atoms with Gasteiger partial charge in [0.1, 0.15) is 23.9 Å². The molecule has 0 radical (unpaired) electrons. The molecule has 2 heterocycles. The molecule has 2 amide bonds. The van der Waals surface area contributed by atoms with Gasteiger partial charge in [-0.15, -0.1) is 0 Å². The van der Waals surface area contributed by atoms with Crippen LogP contribution in [0.5, 0.6) is 0 Å². The average molecular weight is 493 g/mol. The summed E-state index contributed by atoms with van der Waals surface area (Å²) in [4.78, 5) is 33.4. The van der Waals surface area contributed by atoms with E-state index in [9.17, 15) is 22.4 Å². The Morgan fingerprint density at radius 2 is 1.73 bits per heavy atom. The minimum atomic E-state index is -3.34. The number of sulfone groups is 1. The maximum absolute atomic E-state index is 13.3. The van der Waals surface area contributed by atoms with Crippen LogP contribution in [0.15, 0.2) is 42.5 Å². The van der Waals surface area contributed by atoms with Crippen molar-refractivity contribution in [3.8, 4) is 0 Å². The number of piperazine rings is 1. The van der Waals surface area contributed by atoms with Crippen molar-refractivity contribution in [3.05, 3.63) is 64.7 Å². The molecule has 3 aromatic rings. The number of halogens is 2. The van der Waals surface area contributed by atoms with Crippen LogP contribution in [0, 0.1) is 5.82 Å². The molecule has 0 N–H and O–H groups in total. The summed E-state index contributed by atoms with van der Waals surface area (Å²) in [5.41, 5.74) is 1.52. The van der Waals surface area contributed by atoms with Gasteiger partial charge in [-0.1, -0.05) is 23.7 Å². The molecular formula is C22H22ClFN4O4S. The van der Waals surface area contributed by atoms with Gasteiger partial charge in [-0.05, 0) is 30.3 Å². The van der Waals surface area contributed by atoms with Gasteiger partial charge in [0.15, 0.2) is 9.84 Å². The first-order valence-corrected chi connectivity index (χ1v) is 12.7. The second-order valence-corrected chi connectivity index (χ2v) is 10.5. The number of aromatic nitrogens is 2. The van der Waals surface area contributed by atoms with E-state index in [1.807, 2.05) is 0 Å². The minimum Gasteiger partial charge on any atom is -0.338 e. The van der Waals surface area contributed by atoms with E-state index in [4.69, 9.17) is 11.6 Å². The largest absolute Gasteiger partial charge is 0.338 e. The highest BCUT2D eigenvalue weighted by atomic mass is 35.5. The van der Waals surface area contributed by atoms with Crippen LogP contribution in [-0.4, -0.2) is 72.0 Å². The Labute approximate surface area is 195 Å². The number of nitrogens with zero attached hydrogens (tertiary/aromatic N) is 4. The van der Waals surface area contributed by atoms with Crippen LogP contribution in [0.2, 0.25) is 5.02 Å². The third kappa shape index (κ3) is 5.17. The summed E-state index contributed by atoms with van der Waals surface area (Å²) in [6, 6.07) is 10.8. The Morgan fingerprint density at radius 1 is 1.06 bits per heavy atom. The van der Waals surface area contributed by atoms with Crippen LogP contribution in [-0.2, 0) is 26.9 Å². The molecule has 8 nitrogen and oxygen atoms in total. The number of carbonyl (C=O) groups is 2. The molecule has 1 aliphatic heterocycles. The fourth-order valence-electron chi connectivity index (χ4n) is 3.87. The first-order valence-electron chi connectivity index (χ1n) is 10.3. The van der Waals surface area contributed by atoms with E-state index in [2.05, 4.69) is 4.98 Å². The van der Waals surface area contributed by atoms with E-state index >= 15 is 0 Å². The monoisotopic (exact) mass is 492 g/mol. The van der Waals surface area contributed by atoms with Crippen LogP contribution in [0.4, 0.5) is 4.39 Å². The summed E-state index contributed by atoms with van der Waals surface area (Å²) in [6.45, 7) is 1.19. The highest BCUT2D eigenvalue weighted by Gasteiger charge is 2.27. The maximum Gasteiger partial charge on any atom is 0.255 e. The van der Waals surface area contributed by atoms with E-state index < -0.39 is 15.7 Å². The zero-order valence-corrected chi connectivity index (χ0v) is 19.4. The Kier molecular flexibility index (Phi) is 6.40. The second kappa shape index (κ2) is 9.11. The Hall–Kier alpha value is -2.98. The molecule has 0 spiro atoms. The normalized spacial score (nSPS) is 14.6. The van der Waals surface area contributed by atoms with Gasteiger partial charge in [-0.3, -0.25) is 9.59 Å². The van der Waals surface area contributed by atoms with E-state index in [1.165, 1.54) is 12.1 Å². The van der Waals surface area contributed by atoms with Crippen molar-refractivity contribution in [1.29, 1.82) is 0 Å². The lowest BCUT2D eigenvalue weighted by molar-refractivity contribution is -0.133. The maximum atomic E-state index is 13.3. The molecule has 1 aliphatic rings. The number of amides is 2. The number of imidazole rings is 1. The van der Waals surface area contributed by atoms with Gasteiger partial charge < -0.3 is 14.4 Å². The van der Waals surface area contributed by atoms with E-state index in [0.717, 1.165) is 12.3 Å². The van der Waals surface area contributed by atoms with Crippen molar-refractivity contribution in [2.75, 3.05) is 32.4 Å². The number of para-hydroxylation sites is 2. The Balaban J connectivity index is 1.46. The molecule has 11 heteroatoms. The summed E-state index contributed by atoms with van der Waals surface area (Å²) in [6.07, 6.45) is 1.13. The molecule has 1 fully saturated rings. The minimum absolute atomic E-state index is 0.0453. The first kappa shape index (κ1) is 23.2. The van der Waals surface area contributed by atoms with Crippen molar-refractivity contribution in [1.82, 2.24) is 19.4 Å². The molecule has 33 heavy (non-hydrogen) atoms. The Morgan fingerprint density at radius 3 is 2.39 bits per heavy atom. The third-order valence-electron chi connectivity index (χ3n) is 5.50. The van der Waals surface area contributed by atoms with E-state index in [1.54, 1.807) is 38.6 Å². The summed E-state index contributed by atoms with van der Waals surface area (Å²) < 4.78 is 38.6. The van der Waals surface area contributed by atoms with Crippen molar-refractivity contribution < 1.29 is 22.4 Å². The highest BCUT2D eigenvalue weighted by Crippen LogP contribution is 2.21. The predicted molar refractivity (Wildman–Crippen MR) is 122 cm³/mol. The number of hydrogen-bond donors (Lipinski definition) is 0. The predicted octanol–water partition coefficient (Wildman–Crippen LogP) is 2.36. The fraction of sp³-hybridized carbons (Fsp3) is 0.318. The molecular weight excluding hydrogens is 471 g/mol. The third-order valence-corrected chi connectivity index (χ3v) is 6.59. The molecule has 0 atom stereocenters. The summed E-state index contributed by atoms with van der Waals surface area (Å²) in [7, 11) is -3.34. The van der Waals surface area contributed by atoms with Crippen LogP contribution in [0.25, 0.3) is 11.0 Å². The van der Waals surface area contributed by atoms with Crippen molar-refractivity contribution in [3.63, 3.8) is 0 Å². The number of fused-ring (bicyclic) bond motifs is 1. The lowest BCUT2D eigenvalue weighted by atomic mass is 10.1. The lowest BCUT2D eigenvalue weighted by Gasteiger charge is -2.35. The van der Waals surface area contributed by atoms with Crippen LogP contribution >= 0.6 is 11.6 Å². The standard InChI is InChI=1S/C22H22ClFN4O4S/c1-33(31,32)14-20-25-18-4-2-3-5-19(18)28(20)13-21(29)26-8-10-27(11-9-26)22(30)16-7-6-15(24)12-17(16)23/h2-7,12H,8-11,13-14H2,1H3. The zero-order chi connectivity index (χ0) is 23.8. The van der Waals surface area contributed by atoms with Gasteiger partial charge >= 0.3 is 0 Å². The van der Waals surface area contributed by atoms with Gasteiger partial charge in [-0.2, -0.15) is 0 Å². The zero-order valence-electron chi connectivity index (χ0n) is 17.9. The summed E-state index contributed by atoms with van der Waals surface area (Å²) in [5, 5.41) is 0.0453. The molecule has 0 unspecified atom stereocenters. The molecule has 2 aromatic carbocycles. The molecule has 174 valence electrons. The average Bonchev–Trinajstić information content (AvgIpc) is 3.08. The quantitative estimate of drug-likeness (QED) is 0.545.